The number of ether oxygens (including phenoxy) is 1. The second-order valence-electron chi connectivity index (χ2n) is 4.96. The molecule has 0 spiro atoms. The summed E-state index contributed by atoms with van der Waals surface area (Å²) < 4.78 is 6.31. The molecular formula is C16H13BrClN3O4. The van der Waals surface area contributed by atoms with Crippen LogP contribution in [0.3, 0.4) is 0 Å². The fourth-order valence-electron chi connectivity index (χ4n) is 1.81. The lowest BCUT2D eigenvalue weighted by molar-refractivity contribution is -0.384. The summed E-state index contributed by atoms with van der Waals surface area (Å²) >= 11 is 9.31. The molecule has 0 saturated carbocycles. The summed E-state index contributed by atoms with van der Waals surface area (Å²) in [6, 6.07) is 9.29. The molecule has 0 aliphatic rings. The molecular weight excluding hydrogens is 414 g/mol. The van der Waals surface area contributed by atoms with Crippen LogP contribution in [-0.4, -0.2) is 23.7 Å². The summed E-state index contributed by atoms with van der Waals surface area (Å²) in [5.74, 6) is 0.0833. The van der Waals surface area contributed by atoms with Gasteiger partial charge in [0.15, 0.2) is 6.61 Å². The van der Waals surface area contributed by atoms with Crippen molar-refractivity contribution < 1.29 is 14.5 Å². The molecule has 2 aromatic carbocycles. The first-order chi connectivity index (χ1) is 11.9. The molecule has 25 heavy (non-hydrogen) atoms. The third kappa shape index (κ3) is 5.54. The molecule has 0 atom stereocenters. The molecule has 0 unspecified atom stereocenters. The number of aryl methyl sites for hydroxylation is 1. The van der Waals surface area contributed by atoms with Crippen LogP contribution < -0.4 is 10.2 Å². The zero-order valence-corrected chi connectivity index (χ0v) is 15.4. The van der Waals surface area contributed by atoms with E-state index < -0.39 is 10.8 Å². The van der Waals surface area contributed by atoms with Crippen molar-refractivity contribution in [3.63, 3.8) is 0 Å². The van der Waals surface area contributed by atoms with Crippen LogP contribution in [0.2, 0.25) is 5.02 Å². The molecule has 1 amide bonds. The number of hydrogen-bond donors (Lipinski definition) is 1. The maximum atomic E-state index is 11.7. The van der Waals surface area contributed by atoms with Crippen molar-refractivity contribution in [3.05, 3.63) is 67.1 Å². The Kier molecular flexibility index (Phi) is 6.49. The summed E-state index contributed by atoms with van der Waals surface area (Å²) in [5.41, 5.74) is 3.45. The van der Waals surface area contributed by atoms with Gasteiger partial charge in [0.1, 0.15) is 5.75 Å². The summed E-state index contributed by atoms with van der Waals surface area (Å²) in [4.78, 5) is 21.9. The highest BCUT2D eigenvalue weighted by Gasteiger charge is 2.08. The fourth-order valence-corrected chi connectivity index (χ4v) is 2.22. The van der Waals surface area contributed by atoms with Crippen LogP contribution in [-0.2, 0) is 4.79 Å². The van der Waals surface area contributed by atoms with Crippen molar-refractivity contribution in [2.24, 2.45) is 5.10 Å². The van der Waals surface area contributed by atoms with E-state index in [4.69, 9.17) is 16.3 Å². The quantitative estimate of drug-likeness (QED) is 0.431. The first kappa shape index (κ1) is 18.9. The highest BCUT2D eigenvalue weighted by atomic mass is 79.9. The number of nitrogens with one attached hydrogen (secondary N) is 1. The highest BCUT2D eigenvalue weighted by Crippen LogP contribution is 2.22. The van der Waals surface area contributed by atoms with Crippen LogP contribution in [0, 0.1) is 17.0 Å². The third-order valence-electron chi connectivity index (χ3n) is 3.08. The Morgan fingerprint density at radius 2 is 2.16 bits per heavy atom. The predicted octanol–water partition coefficient (Wildman–Crippen LogP) is 3.85. The minimum Gasteiger partial charge on any atom is -0.484 e. The number of halogens is 2. The fraction of sp³-hybridized carbons (Fsp3) is 0.125. The molecule has 0 fully saturated rings. The molecule has 0 radical (unpaired) electrons. The van der Waals surface area contributed by atoms with E-state index in [9.17, 15) is 14.9 Å². The Labute approximate surface area is 156 Å². The van der Waals surface area contributed by atoms with E-state index in [0.717, 1.165) is 10.0 Å². The van der Waals surface area contributed by atoms with E-state index in [1.807, 2.05) is 13.0 Å². The molecule has 7 nitrogen and oxygen atoms in total. The number of nitro groups is 1. The maximum absolute atomic E-state index is 11.7. The van der Waals surface area contributed by atoms with Crippen LogP contribution >= 0.6 is 27.5 Å². The highest BCUT2D eigenvalue weighted by molar-refractivity contribution is 9.10. The minimum atomic E-state index is -0.541. The van der Waals surface area contributed by atoms with Crippen LogP contribution in [0.25, 0.3) is 0 Å². The average Bonchev–Trinajstić information content (AvgIpc) is 2.57. The standard InChI is InChI=1S/C16H13BrClN3O4/c1-10-6-13(3-4-14(10)17)25-9-16(22)20-19-8-11-7-12(21(23)24)2-5-15(11)18/h2-8H,9H2,1H3,(H,20,22). The van der Waals surface area contributed by atoms with E-state index in [-0.39, 0.29) is 17.3 Å². The second-order valence-corrected chi connectivity index (χ2v) is 6.22. The van der Waals surface area contributed by atoms with Gasteiger partial charge in [0.2, 0.25) is 0 Å². The van der Waals surface area contributed by atoms with Gasteiger partial charge in [-0.25, -0.2) is 5.43 Å². The van der Waals surface area contributed by atoms with Crippen LogP contribution in [0.5, 0.6) is 5.75 Å². The average molecular weight is 427 g/mol. The molecule has 0 aliphatic heterocycles. The topological polar surface area (TPSA) is 93.8 Å². The number of carbonyl (C=O) groups is 1. The van der Waals surface area contributed by atoms with Crippen molar-refractivity contribution in [2.75, 3.05) is 6.61 Å². The molecule has 0 heterocycles. The number of rotatable bonds is 6. The van der Waals surface area contributed by atoms with E-state index in [1.54, 1.807) is 12.1 Å². The smallest absolute Gasteiger partial charge is 0.277 e. The lowest BCUT2D eigenvalue weighted by Gasteiger charge is -2.06. The van der Waals surface area contributed by atoms with E-state index >= 15 is 0 Å². The van der Waals surface area contributed by atoms with Crippen LogP contribution in [0.1, 0.15) is 11.1 Å². The number of hydrazone groups is 1. The Hall–Kier alpha value is -2.45. The molecule has 1 N–H and O–H groups in total. The normalized spacial score (nSPS) is 10.7. The van der Waals surface area contributed by atoms with Gasteiger partial charge in [0, 0.05) is 27.2 Å². The summed E-state index contributed by atoms with van der Waals surface area (Å²) in [5, 5.41) is 14.8. The van der Waals surface area contributed by atoms with Gasteiger partial charge in [0.05, 0.1) is 11.1 Å². The summed E-state index contributed by atoms with van der Waals surface area (Å²) in [6.07, 6.45) is 1.23. The molecule has 0 aliphatic carbocycles. The zero-order chi connectivity index (χ0) is 18.4. The van der Waals surface area contributed by atoms with Crippen molar-refractivity contribution in [1.29, 1.82) is 0 Å². The van der Waals surface area contributed by atoms with E-state index in [1.165, 1.54) is 24.4 Å². The second kappa shape index (κ2) is 8.59. The van der Waals surface area contributed by atoms with Gasteiger partial charge in [-0.3, -0.25) is 14.9 Å². The Morgan fingerprint density at radius 3 is 2.84 bits per heavy atom. The third-order valence-corrected chi connectivity index (χ3v) is 4.32. The molecule has 0 saturated heterocycles. The number of carbonyl (C=O) groups excluding carboxylic acids is 1. The lowest BCUT2D eigenvalue weighted by Crippen LogP contribution is -2.24. The monoisotopic (exact) mass is 425 g/mol. The number of nitro benzene ring substituents is 1. The molecule has 2 aromatic rings. The Morgan fingerprint density at radius 1 is 1.40 bits per heavy atom. The number of non-ortho nitro benzene ring substituents is 1. The van der Waals surface area contributed by atoms with Gasteiger partial charge in [-0.15, -0.1) is 0 Å². The first-order valence-electron chi connectivity index (χ1n) is 7.01. The van der Waals surface area contributed by atoms with Gasteiger partial charge < -0.3 is 4.74 Å². The van der Waals surface area contributed by atoms with Crippen LogP contribution in [0.15, 0.2) is 46.0 Å². The minimum absolute atomic E-state index is 0.119. The van der Waals surface area contributed by atoms with Gasteiger partial charge in [0.25, 0.3) is 11.6 Å². The zero-order valence-electron chi connectivity index (χ0n) is 13.0. The molecule has 9 heteroatoms. The molecule has 130 valence electrons. The first-order valence-corrected chi connectivity index (χ1v) is 8.18. The largest absolute Gasteiger partial charge is 0.484 e. The van der Waals surface area contributed by atoms with Crippen LogP contribution in [0.4, 0.5) is 5.69 Å². The number of benzene rings is 2. The molecule has 0 aromatic heterocycles. The summed E-state index contributed by atoms with van der Waals surface area (Å²) in [7, 11) is 0. The number of nitrogens with zero attached hydrogens (tertiary/aromatic N) is 2. The van der Waals surface area contributed by atoms with E-state index in [2.05, 4.69) is 26.5 Å². The predicted molar refractivity (Wildman–Crippen MR) is 98.2 cm³/mol. The Bertz CT molecular complexity index is 842. The van der Waals surface area contributed by atoms with Gasteiger partial charge in [-0.2, -0.15) is 5.10 Å². The van der Waals surface area contributed by atoms with Gasteiger partial charge in [-0.1, -0.05) is 27.5 Å². The van der Waals surface area contributed by atoms with Gasteiger partial charge in [-0.05, 0) is 36.8 Å². The number of hydrogen-bond acceptors (Lipinski definition) is 5. The molecule has 0 bridgehead atoms. The lowest BCUT2D eigenvalue weighted by atomic mass is 10.2. The Balaban J connectivity index is 1.91. The van der Waals surface area contributed by atoms with Crippen molar-refractivity contribution in [3.8, 4) is 5.75 Å². The van der Waals surface area contributed by atoms with E-state index in [0.29, 0.717) is 11.3 Å². The van der Waals surface area contributed by atoms with Gasteiger partial charge >= 0.3 is 0 Å². The SMILES string of the molecule is Cc1cc(OCC(=O)NN=Cc2cc([N+](=O)[O-])ccc2Cl)ccc1Br. The van der Waals surface area contributed by atoms with Crippen molar-refractivity contribution in [2.45, 2.75) is 6.92 Å². The van der Waals surface area contributed by atoms with Crippen molar-refractivity contribution in [1.82, 2.24) is 5.43 Å². The number of amides is 1. The maximum Gasteiger partial charge on any atom is 0.277 e. The summed E-state index contributed by atoms with van der Waals surface area (Å²) in [6.45, 7) is 1.69. The van der Waals surface area contributed by atoms with Crippen molar-refractivity contribution >= 4 is 45.3 Å². The molecule has 2 rings (SSSR count).